The number of nitrogens with one attached hydrogen (secondary N) is 1. The third-order valence-electron chi connectivity index (χ3n) is 3.01. The van der Waals surface area contributed by atoms with Crippen molar-refractivity contribution in [1.29, 1.82) is 0 Å². The molecule has 1 amide bonds. The standard InChI is InChI=1S/C11H14F3N3OS/c12-11(13,14)8-2-1-4-17(6-8)7-9(18)16-10-15-3-5-19-10/h3,5,8H,1-2,4,6-7H2,(H,15,16,18)/t8-/m1/s1. The molecule has 1 aliphatic rings. The van der Waals surface area contributed by atoms with Gasteiger partial charge in [-0.25, -0.2) is 4.98 Å². The van der Waals surface area contributed by atoms with Crippen molar-refractivity contribution in [2.45, 2.75) is 19.0 Å². The van der Waals surface area contributed by atoms with Crippen LogP contribution in [0.4, 0.5) is 18.3 Å². The summed E-state index contributed by atoms with van der Waals surface area (Å²) in [5, 5.41) is 4.75. The number of rotatable bonds is 3. The molecule has 1 fully saturated rings. The van der Waals surface area contributed by atoms with Crippen LogP contribution in [0.5, 0.6) is 0 Å². The van der Waals surface area contributed by atoms with Gasteiger partial charge in [-0.05, 0) is 19.4 Å². The van der Waals surface area contributed by atoms with Crippen LogP contribution in [0.2, 0.25) is 0 Å². The van der Waals surface area contributed by atoms with Crippen LogP contribution < -0.4 is 5.32 Å². The summed E-state index contributed by atoms with van der Waals surface area (Å²) in [6.07, 6.45) is -2.01. The fourth-order valence-corrected chi connectivity index (χ4v) is 2.66. The zero-order valence-corrected chi connectivity index (χ0v) is 10.9. The smallest absolute Gasteiger partial charge is 0.301 e. The van der Waals surface area contributed by atoms with E-state index in [-0.39, 0.29) is 25.4 Å². The van der Waals surface area contributed by atoms with Crippen molar-refractivity contribution in [3.63, 3.8) is 0 Å². The Morgan fingerprint density at radius 2 is 2.37 bits per heavy atom. The Bertz CT molecular complexity index is 421. The summed E-state index contributed by atoms with van der Waals surface area (Å²) in [6.45, 7) is 0.402. The lowest BCUT2D eigenvalue weighted by atomic mass is 9.97. The van der Waals surface area contributed by atoms with Gasteiger partial charge < -0.3 is 5.32 Å². The minimum Gasteiger partial charge on any atom is -0.301 e. The fourth-order valence-electron chi connectivity index (χ4n) is 2.11. The maximum Gasteiger partial charge on any atom is 0.393 e. The first-order valence-corrected chi connectivity index (χ1v) is 6.81. The number of alkyl halides is 3. The van der Waals surface area contributed by atoms with E-state index in [1.807, 2.05) is 0 Å². The highest BCUT2D eigenvalue weighted by Crippen LogP contribution is 2.32. The number of hydrogen-bond donors (Lipinski definition) is 1. The molecule has 0 radical (unpaired) electrons. The predicted molar refractivity (Wildman–Crippen MR) is 66.0 cm³/mol. The molecule has 1 atom stereocenters. The molecule has 1 aromatic heterocycles. The summed E-state index contributed by atoms with van der Waals surface area (Å²) in [7, 11) is 0. The van der Waals surface area contributed by atoms with Crippen LogP contribution >= 0.6 is 11.3 Å². The van der Waals surface area contributed by atoms with Crippen molar-refractivity contribution in [2.75, 3.05) is 25.0 Å². The number of nitrogens with zero attached hydrogens (tertiary/aromatic N) is 2. The highest BCUT2D eigenvalue weighted by molar-refractivity contribution is 7.13. The SMILES string of the molecule is O=C(CN1CCC[C@@H](C(F)(F)F)C1)Nc1nccs1. The molecule has 0 aromatic carbocycles. The van der Waals surface area contributed by atoms with Gasteiger partial charge in [0, 0.05) is 18.1 Å². The van der Waals surface area contributed by atoms with Gasteiger partial charge in [0.15, 0.2) is 5.13 Å². The normalized spacial score (nSPS) is 21.3. The Morgan fingerprint density at radius 1 is 1.58 bits per heavy atom. The molecule has 1 aliphatic heterocycles. The monoisotopic (exact) mass is 293 g/mol. The molecule has 2 rings (SSSR count). The Hall–Kier alpha value is -1.15. The van der Waals surface area contributed by atoms with Crippen molar-refractivity contribution in [3.8, 4) is 0 Å². The van der Waals surface area contributed by atoms with Gasteiger partial charge in [0.1, 0.15) is 0 Å². The van der Waals surface area contributed by atoms with E-state index in [0.29, 0.717) is 18.1 Å². The van der Waals surface area contributed by atoms with E-state index in [1.54, 1.807) is 16.5 Å². The summed E-state index contributed by atoms with van der Waals surface area (Å²) in [5.41, 5.74) is 0. The van der Waals surface area contributed by atoms with Gasteiger partial charge in [-0.15, -0.1) is 11.3 Å². The summed E-state index contributed by atoms with van der Waals surface area (Å²) in [6, 6.07) is 0. The van der Waals surface area contributed by atoms with Crippen LogP contribution in [-0.2, 0) is 4.79 Å². The molecule has 0 spiro atoms. The van der Waals surface area contributed by atoms with Crippen molar-refractivity contribution in [2.24, 2.45) is 5.92 Å². The first kappa shape index (κ1) is 14.3. The van der Waals surface area contributed by atoms with Crippen LogP contribution in [0.25, 0.3) is 0 Å². The van der Waals surface area contributed by atoms with E-state index in [1.165, 1.54) is 11.3 Å². The second kappa shape index (κ2) is 5.87. The Morgan fingerprint density at radius 3 is 3.00 bits per heavy atom. The largest absolute Gasteiger partial charge is 0.393 e. The zero-order chi connectivity index (χ0) is 13.9. The van der Waals surface area contributed by atoms with Crippen LogP contribution in [0, 0.1) is 5.92 Å². The Balaban J connectivity index is 1.83. The molecule has 0 saturated carbocycles. The molecular weight excluding hydrogens is 279 g/mol. The van der Waals surface area contributed by atoms with Gasteiger partial charge in [0.25, 0.3) is 0 Å². The fraction of sp³-hybridized carbons (Fsp3) is 0.636. The lowest BCUT2D eigenvalue weighted by Gasteiger charge is -2.33. The number of halogens is 3. The highest BCUT2D eigenvalue weighted by Gasteiger charge is 2.41. The van der Waals surface area contributed by atoms with Crippen molar-refractivity contribution in [3.05, 3.63) is 11.6 Å². The first-order valence-electron chi connectivity index (χ1n) is 5.93. The maximum absolute atomic E-state index is 12.6. The summed E-state index contributed by atoms with van der Waals surface area (Å²) < 4.78 is 37.9. The van der Waals surface area contributed by atoms with E-state index in [2.05, 4.69) is 10.3 Å². The third kappa shape index (κ3) is 4.17. The van der Waals surface area contributed by atoms with Crippen molar-refractivity contribution < 1.29 is 18.0 Å². The first-order chi connectivity index (χ1) is 8.95. The van der Waals surface area contributed by atoms with Crippen LogP contribution in [0.1, 0.15) is 12.8 Å². The van der Waals surface area contributed by atoms with Gasteiger partial charge in [0.2, 0.25) is 5.91 Å². The minimum absolute atomic E-state index is 0.0217. The molecule has 4 nitrogen and oxygen atoms in total. The van der Waals surface area contributed by atoms with E-state index < -0.39 is 12.1 Å². The second-order valence-electron chi connectivity index (χ2n) is 4.50. The molecule has 1 N–H and O–H groups in total. The molecular formula is C11H14F3N3OS. The molecule has 0 aliphatic carbocycles. The van der Waals surface area contributed by atoms with Crippen LogP contribution in [-0.4, -0.2) is 41.6 Å². The second-order valence-corrected chi connectivity index (χ2v) is 5.40. The number of amides is 1. The number of aromatic nitrogens is 1. The minimum atomic E-state index is -4.18. The van der Waals surface area contributed by atoms with Gasteiger partial charge in [-0.1, -0.05) is 0 Å². The molecule has 8 heteroatoms. The van der Waals surface area contributed by atoms with E-state index in [0.717, 1.165) is 0 Å². The number of thiazole rings is 1. The van der Waals surface area contributed by atoms with Gasteiger partial charge in [0.05, 0.1) is 12.5 Å². The van der Waals surface area contributed by atoms with Crippen molar-refractivity contribution >= 4 is 22.4 Å². The average molecular weight is 293 g/mol. The molecule has 2 heterocycles. The summed E-state index contributed by atoms with van der Waals surface area (Å²) >= 11 is 1.28. The Labute approximate surface area is 112 Å². The van der Waals surface area contributed by atoms with Crippen LogP contribution in [0.15, 0.2) is 11.6 Å². The Kier molecular flexibility index (Phi) is 4.41. The van der Waals surface area contributed by atoms with Crippen molar-refractivity contribution in [1.82, 2.24) is 9.88 Å². The number of carbonyl (C=O) groups excluding carboxylic acids is 1. The molecule has 1 aromatic rings. The van der Waals surface area contributed by atoms with E-state index >= 15 is 0 Å². The average Bonchev–Trinajstić information content (AvgIpc) is 2.80. The highest BCUT2D eigenvalue weighted by atomic mass is 32.1. The van der Waals surface area contributed by atoms with Crippen LogP contribution in [0.3, 0.4) is 0 Å². The van der Waals surface area contributed by atoms with Gasteiger partial charge >= 0.3 is 6.18 Å². The van der Waals surface area contributed by atoms with E-state index in [9.17, 15) is 18.0 Å². The molecule has 1 saturated heterocycles. The summed E-state index contributed by atoms with van der Waals surface area (Å²) in [5.74, 6) is -1.65. The molecule has 0 bridgehead atoms. The van der Waals surface area contributed by atoms with Gasteiger partial charge in [-0.3, -0.25) is 9.69 Å². The maximum atomic E-state index is 12.6. The lowest BCUT2D eigenvalue weighted by Crippen LogP contribution is -2.44. The van der Waals surface area contributed by atoms with E-state index in [4.69, 9.17) is 0 Å². The summed E-state index contributed by atoms with van der Waals surface area (Å²) in [4.78, 5) is 17.1. The number of anilines is 1. The number of piperidine rings is 1. The lowest BCUT2D eigenvalue weighted by molar-refractivity contribution is -0.186. The predicted octanol–water partition coefficient (Wildman–Crippen LogP) is 2.36. The number of likely N-dealkylation sites (tertiary alicyclic amines) is 1. The molecule has 106 valence electrons. The molecule has 19 heavy (non-hydrogen) atoms. The molecule has 0 unspecified atom stereocenters. The zero-order valence-electron chi connectivity index (χ0n) is 10.1. The quantitative estimate of drug-likeness (QED) is 0.930. The third-order valence-corrected chi connectivity index (χ3v) is 3.70. The number of hydrogen-bond acceptors (Lipinski definition) is 4. The number of carbonyl (C=O) groups is 1. The topological polar surface area (TPSA) is 45.2 Å². The van der Waals surface area contributed by atoms with Gasteiger partial charge in [-0.2, -0.15) is 13.2 Å².